The van der Waals surface area contributed by atoms with Crippen LogP contribution in [0.5, 0.6) is 0 Å². The average Bonchev–Trinajstić information content (AvgIpc) is 2.70. The van der Waals surface area contributed by atoms with Gasteiger partial charge in [0.15, 0.2) is 0 Å². The Morgan fingerprint density at radius 2 is 2.17 bits per heavy atom. The van der Waals surface area contributed by atoms with Crippen LogP contribution in [0.1, 0.15) is 23.4 Å². The van der Waals surface area contributed by atoms with Crippen LogP contribution in [0, 0.1) is 11.7 Å². The van der Waals surface area contributed by atoms with Crippen molar-refractivity contribution in [2.75, 3.05) is 0 Å². The van der Waals surface area contributed by atoms with Crippen LogP contribution >= 0.6 is 12.2 Å². The molecule has 4 nitrogen and oxygen atoms in total. The summed E-state index contributed by atoms with van der Waals surface area (Å²) in [6, 6.07) is 7.48. The van der Waals surface area contributed by atoms with Gasteiger partial charge in [0.2, 0.25) is 10.6 Å². The molecule has 0 saturated carbocycles. The summed E-state index contributed by atoms with van der Waals surface area (Å²) in [5.74, 6) is -0.496. The van der Waals surface area contributed by atoms with Gasteiger partial charge in [-0.05, 0) is 30.3 Å². The summed E-state index contributed by atoms with van der Waals surface area (Å²) in [7, 11) is 0. The van der Waals surface area contributed by atoms with Crippen molar-refractivity contribution in [3.05, 3.63) is 46.0 Å². The SMILES string of the molecule is Cc1ccccc1/C=N\n1c(C(F)F)n[nH]c1=S. The molecule has 0 aliphatic carbocycles. The molecule has 0 spiro atoms. The number of nitrogens with zero attached hydrogens (tertiary/aromatic N) is 3. The molecule has 0 bridgehead atoms. The van der Waals surface area contributed by atoms with Crippen molar-refractivity contribution < 1.29 is 8.78 Å². The Kier molecular flexibility index (Phi) is 3.61. The smallest absolute Gasteiger partial charge is 0.250 e. The summed E-state index contributed by atoms with van der Waals surface area (Å²) in [6.07, 6.45) is -1.25. The molecule has 0 atom stereocenters. The third-order valence-corrected chi connectivity index (χ3v) is 2.64. The molecule has 2 aromatic rings. The number of benzene rings is 1. The van der Waals surface area contributed by atoms with Gasteiger partial charge >= 0.3 is 0 Å². The molecule has 2 rings (SSSR count). The minimum absolute atomic E-state index is 0.0372. The fraction of sp³-hybridized carbons (Fsp3) is 0.182. The second kappa shape index (κ2) is 5.18. The average molecular weight is 268 g/mol. The monoisotopic (exact) mass is 268 g/mol. The van der Waals surface area contributed by atoms with Crippen LogP contribution in [0.3, 0.4) is 0 Å². The third-order valence-electron chi connectivity index (χ3n) is 2.37. The first-order valence-corrected chi connectivity index (χ1v) is 5.56. The van der Waals surface area contributed by atoms with Gasteiger partial charge in [-0.1, -0.05) is 24.3 Å². The standard InChI is InChI=1S/C11H10F2N4S/c1-7-4-2-3-5-8(7)6-14-17-10(9(12)13)15-16-11(17)18/h2-6,9H,1H3,(H,16,18)/b14-6-. The minimum Gasteiger partial charge on any atom is -0.250 e. The van der Waals surface area contributed by atoms with Crippen LogP contribution in [-0.4, -0.2) is 21.1 Å². The Labute approximate surface area is 107 Å². The Bertz CT molecular complexity index is 630. The van der Waals surface area contributed by atoms with Crippen LogP contribution in [0.15, 0.2) is 29.4 Å². The first kappa shape index (κ1) is 12.6. The number of H-pyrrole nitrogens is 1. The predicted molar refractivity (Wildman–Crippen MR) is 66.5 cm³/mol. The minimum atomic E-state index is -2.73. The Balaban J connectivity index is 2.38. The maximum absolute atomic E-state index is 12.6. The maximum atomic E-state index is 12.6. The van der Waals surface area contributed by atoms with Gasteiger partial charge in [-0.25, -0.2) is 13.9 Å². The first-order valence-electron chi connectivity index (χ1n) is 5.15. The molecule has 1 N–H and O–H groups in total. The van der Waals surface area contributed by atoms with Crippen LogP contribution in [0.2, 0.25) is 0 Å². The van der Waals surface area contributed by atoms with E-state index in [9.17, 15) is 8.78 Å². The first-order chi connectivity index (χ1) is 8.59. The Morgan fingerprint density at radius 3 is 2.83 bits per heavy atom. The van der Waals surface area contributed by atoms with E-state index in [1.807, 2.05) is 31.2 Å². The fourth-order valence-electron chi connectivity index (χ4n) is 1.41. The molecule has 0 aliphatic heterocycles. The van der Waals surface area contributed by atoms with Crippen molar-refractivity contribution in [2.24, 2.45) is 5.10 Å². The van der Waals surface area contributed by atoms with Gasteiger partial charge < -0.3 is 0 Å². The van der Waals surface area contributed by atoms with Crippen LogP contribution in [-0.2, 0) is 0 Å². The number of rotatable bonds is 3. The van der Waals surface area contributed by atoms with Crippen molar-refractivity contribution >= 4 is 18.4 Å². The highest BCUT2D eigenvalue weighted by Gasteiger charge is 2.15. The third kappa shape index (κ3) is 2.51. The lowest BCUT2D eigenvalue weighted by Crippen LogP contribution is -1.99. The normalized spacial score (nSPS) is 11.6. The molecule has 0 amide bonds. The molecular formula is C11H10F2N4S. The van der Waals surface area contributed by atoms with E-state index in [1.165, 1.54) is 6.21 Å². The number of aromatic nitrogens is 3. The van der Waals surface area contributed by atoms with Crippen LogP contribution < -0.4 is 0 Å². The summed E-state index contributed by atoms with van der Waals surface area (Å²) < 4.78 is 26.2. The van der Waals surface area contributed by atoms with Crippen molar-refractivity contribution in [1.29, 1.82) is 0 Å². The summed E-state index contributed by atoms with van der Waals surface area (Å²) in [5.41, 5.74) is 1.83. The van der Waals surface area contributed by atoms with E-state index in [4.69, 9.17) is 12.2 Å². The van der Waals surface area contributed by atoms with Gasteiger partial charge in [0.25, 0.3) is 6.43 Å². The Hall–Kier alpha value is -1.89. The Morgan fingerprint density at radius 1 is 1.44 bits per heavy atom. The van der Waals surface area contributed by atoms with Crippen molar-refractivity contribution in [1.82, 2.24) is 14.9 Å². The zero-order valence-electron chi connectivity index (χ0n) is 9.47. The maximum Gasteiger partial charge on any atom is 0.299 e. The molecule has 0 saturated heterocycles. The number of nitrogens with one attached hydrogen (secondary N) is 1. The van der Waals surface area contributed by atoms with Gasteiger partial charge in [-0.2, -0.15) is 14.9 Å². The van der Waals surface area contributed by atoms with Crippen LogP contribution in [0.4, 0.5) is 8.78 Å². The number of hydrogen-bond donors (Lipinski definition) is 1. The largest absolute Gasteiger partial charge is 0.299 e. The van der Waals surface area contributed by atoms with Crippen molar-refractivity contribution in [3.63, 3.8) is 0 Å². The molecule has 1 aromatic carbocycles. The lowest BCUT2D eigenvalue weighted by molar-refractivity contribution is 0.136. The predicted octanol–water partition coefficient (Wildman–Crippen LogP) is 3.07. The molecule has 7 heteroatoms. The zero-order chi connectivity index (χ0) is 13.1. The molecule has 1 aromatic heterocycles. The number of alkyl halides is 2. The van der Waals surface area contributed by atoms with Crippen LogP contribution in [0.25, 0.3) is 0 Å². The highest BCUT2D eigenvalue weighted by atomic mass is 32.1. The quantitative estimate of drug-likeness (QED) is 0.687. The van der Waals surface area contributed by atoms with Crippen molar-refractivity contribution in [2.45, 2.75) is 13.3 Å². The molecule has 1 heterocycles. The number of aryl methyl sites for hydroxylation is 1. The number of aromatic amines is 1. The molecule has 0 fully saturated rings. The van der Waals surface area contributed by atoms with E-state index in [0.717, 1.165) is 15.8 Å². The molecule has 0 radical (unpaired) electrons. The van der Waals surface area contributed by atoms with Gasteiger partial charge in [0.1, 0.15) is 0 Å². The molecule has 0 aliphatic rings. The highest BCUT2D eigenvalue weighted by molar-refractivity contribution is 7.71. The topological polar surface area (TPSA) is 46.0 Å². The molecule has 18 heavy (non-hydrogen) atoms. The zero-order valence-corrected chi connectivity index (χ0v) is 10.3. The van der Waals surface area contributed by atoms with E-state index in [0.29, 0.717) is 0 Å². The number of halogens is 2. The van der Waals surface area contributed by atoms with Gasteiger partial charge in [-0.15, -0.1) is 0 Å². The van der Waals surface area contributed by atoms with E-state index < -0.39 is 12.2 Å². The highest BCUT2D eigenvalue weighted by Crippen LogP contribution is 2.16. The fourth-order valence-corrected chi connectivity index (χ4v) is 1.59. The van der Waals surface area contributed by atoms with Gasteiger partial charge in [-0.3, -0.25) is 0 Å². The van der Waals surface area contributed by atoms with Gasteiger partial charge in [0, 0.05) is 0 Å². The molecule has 94 valence electrons. The molecular weight excluding hydrogens is 258 g/mol. The summed E-state index contributed by atoms with van der Waals surface area (Å²) in [4.78, 5) is 0. The van der Waals surface area contributed by atoms with E-state index >= 15 is 0 Å². The van der Waals surface area contributed by atoms with E-state index in [1.54, 1.807) is 0 Å². The van der Waals surface area contributed by atoms with E-state index in [-0.39, 0.29) is 4.77 Å². The lowest BCUT2D eigenvalue weighted by Gasteiger charge is -2.00. The second-order valence-corrected chi connectivity index (χ2v) is 3.99. The summed E-state index contributed by atoms with van der Waals surface area (Å²) in [5, 5.41) is 9.66. The number of hydrogen-bond acceptors (Lipinski definition) is 3. The van der Waals surface area contributed by atoms with E-state index in [2.05, 4.69) is 15.3 Å². The lowest BCUT2D eigenvalue weighted by atomic mass is 10.1. The molecule has 0 unspecified atom stereocenters. The summed E-state index contributed by atoms with van der Waals surface area (Å²) >= 11 is 4.84. The van der Waals surface area contributed by atoms with Gasteiger partial charge in [0.05, 0.1) is 6.21 Å². The second-order valence-electron chi connectivity index (χ2n) is 3.60. The van der Waals surface area contributed by atoms with Crippen molar-refractivity contribution in [3.8, 4) is 0 Å². The summed E-state index contributed by atoms with van der Waals surface area (Å²) in [6.45, 7) is 1.91.